The lowest BCUT2D eigenvalue weighted by Crippen LogP contribution is -2.15. The first-order chi connectivity index (χ1) is 11.0. The molecule has 1 unspecified atom stereocenters. The molecule has 0 spiro atoms. The van der Waals surface area contributed by atoms with E-state index in [-0.39, 0.29) is 0 Å². The third-order valence-electron chi connectivity index (χ3n) is 3.82. The lowest BCUT2D eigenvalue weighted by molar-refractivity contribution is -0.138. The van der Waals surface area contributed by atoms with Crippen molar-refractivity contribution in [2.24, 2.45) is 0 Å². The number of rotatable bonds is 7. The van der Waals surface area contributed by atoms with Crippen LogP contribution in [0.5, 0.6) is 11.5 Å². The Morgan fingerprint density at radius 2 is 1.78 bits per heavy atom. The van der Waals surface area contributed by atoms with Crippen molar-refractivity contribution in [2.45, 2.75) is 26.2 Å². The van der Waals surface area contributed by atoms with E-state index in [0.29, 0.717) is 13.0 Å². The van der Waals surface area contributed by atoms with Gasteiger partial charge in [0.05, 0.1) is 19.6 Å². The Labute approximate surface area is 136 Å². The molecule has 0 aliphatic carbocycles. The highest BCUT2D eigenvalue weighted by molar-refractivity contribution is 5.77. The number of methoxy groups -OCH3 is 1. The summed E-state index contributed by atoms with van der Waals surface area (Å²) >= 11 is 0. The van der Waals surface area contributed by atoms with Crippen LogP contribution in [0.3, 0.4) is 0 Å². The van der Waals surface area contributed by atoms with E-state index in [1.54, 1.807) is 7.11 Å². The summed E-state index contributed by atoms with van der Waals surface area (Å²) in [5, 5.41) is 9.63. The molecule has 0 aromatic heterocycles. The average molecular weight is 314 g/mol. The highest BCUT2D eigenvalue weighted by atomic mass is 16.5. The van der Waals surface area contributed by atoms with Crippen molar-refractivity contribution in [3.05, 3.63) is 59.2 Å². The first-order valence-corrected chi connectivity index (χ1v) is 7.64. The molecular formula is C19H22O4. The van der Waals surface area contributed by atoms with Crippen LogP contribution in [0.4, 0.5) is 0 Å². The standard InChI is InChI=1S/C19H22O4/c1-4-23-16-9-10-17(13(2)11-16)18(19(20)21)12-14-5-7-15(22-3)8-6-14/h5-11,18H,4,12H2,1-3H3,(H,20,21). The molecule has 0 amide bonds. The highest BCUT2D eigenvalue weighted by Crippen LogP contribution is 2.28. The summed E-state index contributed by atoms with van der Waals surface area (Å²) in [5.41, 5.74) is 2.71. The second-order valence-corrected chi connectivity index (χ2v) is 5.39. The number of ether oxygens (including phenoxy) is 2. The first kappa shape index (κ1) is 16.9. The Morgan fingerprint density at radius 1 is 1.13 bits per heavy atom. The molecule has 2 aromatic rings. The third kappa shape index (κ3) is 4.25. The molecule has 0 radical (unpaired) electrons. The first-order valence-electron chi connectivity index (χ1n) is 7.64. The van der Waals surface area contributed by atoms with Crippen LogP contribution < -0.4 is 9.47 Å². The molecule has 0 aliphatic heterocycles. The van der Waals surface area contributed by atoms with Gasteiger partial charge in [-0.05, 0) is 61.2 Å². The lowest BCUT2D eigenvalue weighted by Gasteiger charge is -2.17. The fraction of sp³-hybridized carbons (Fsp3) is 0.316. The van der Waals surface area contributed by atoms with Crippen LogP contribution in [0.25, 0.3) is 0 Å². The number of hydrogen-bond donors (Lipinski definition) is 1. The molecule has 1 N–H and O–H groups in total. The van der Waals surface area contributed by atoms with Crippen molar-refractivity contribution in [3.63, 3.8) is 0 Å². The number of aryl methyl sites for hydroxylation is 1. The minimum atomic E-state index is -0.826. The largest absolute Gasteiger partial charge is 0.497 e. The quantitative estimate of drug-likeness (QED) is 0.844. The molecule has 23 heavy (non-hydrogen) atoms. The van der Waals surface area contributed by atoms with Crippen LogP contribution in [0.15, 0.2) is 42.5 Å². The van der Waals surface area contributed by atoms with Crippen molar-refractivity contribution in [1.82, 2.24) is 0 Å². The summed E-state index contributed by atoms with van der Waals surface area (Å²) in [6, 6.07) is 13.1. The maximum atomic E-state index is 11.7. The summed E-state index contributed by atoms with van der Waals surface area (Å²) < 4.78 is 10.6. The van der Waals surface area contributed by atoms with Crippen molar-refractivity contribution in [1.29, 1.82) is 0 Å². The van der Waals surface area contributed by atoms with Gasteiger partial charge < -0.3 is 14.6 Å². The molecule has 0 aliphatic rings. The molecule has 2 rings (SSSR count). The van der Waals surface area contributed by atoms with Gasteiger partial charge >= 0.3 is 5.97 Å². The molecule has 122 valence electrons. The molecule has 0 saturated heterocycles. The zero-order valence-corrected chi connectivity index (χ0v) is 13.7. The zero-order valence-electron chi connectivity index (χ0n) is 13.7. The second kappa shape index (κ2) is 7.68. The lowest BCUT2D eigenvalue weighted by atomic mass is 9.89. The van der Waals surface area contributed by atoms with Gasteiger partial charge in [-0.3, -0.25) is 4.79 Å². The fourth-order valence-corrected chi connectivity index (χ4v) is 2.62. The van der Waals surface area contributed by atoms with Crippen LogP contribution in [-0.4, -0.2) is 24.8 Å². The van der Waals surface area contributed by atoms with Crippen molar-refractivity contribution < 1.29 is 19.4 Å². The van der Waals surface area contributed by atoms with Crippen molar-refractivity contribution in [3.8, 4) is 11.5 Å². The topological polar surface area (TPSA) is 55.8 Å². The summed E-state index contributed by atoms with van der Waals surface area (Å²) in [4.78, 5) is 11.7. The van der Waals surface area contributed by atoms with E-state index in [1.165, 1.54) is 0 Å². The maximum absolute atomic E-state index is 11.7. The van der Waals surface area contributed by atoms with Gasteiger partial charge in [-0.25, -0.2) is 0 Å². The van der Waals surface area contributed by atoms with E-state index in [4.69, 9.17) is 9.47 Å². The smallest absolute Gasteiger partial charge is 0.311 e. The number of carboxylic acids is 1. The molecule has 1 atom stereocenters. The van der Waals surface area contributed by atoms with Gasteiger partial charge in [-0.15, -0.1) is 0 Å². The summed E-state index contributed by atoms with van der Waals surface area (Å²) in [5.74, 6) is 0.118. The Morgan fingerprint density at radius 3 is 2.30 bits per heavy atom. The van der Waals surface area contributed by atoms with Crippen LogP contribution in [0.2, 0.25) is 0 Å². The fourth-order valence-electron chi connectivity index (χ4n) is 2.62. The number of carbonyl (C=O) groups is 1. The number of benzene rings is 2. The number of carboxylic acid groups (broad SMARTS) is 1. The SMILES string of the molecule is CCOc1ccc(C(Cc2ccc(OC)cc2)C(=O)O)c(C)c1. The normalized spacial score (nSPS) is 11.8. The molecule has 2 aromatic carbocycles. The van der Waals surface area contributed by atoms with E-state index < -0.39 is 11.9 Å². The molecule has 0 bridgehead atoms. The van der Waals surface area contributed by atoms with Crippen LogP contribution in [-0.2, 0) is 11.2 Å². The predicted molar refractivity (Wildman–Crippen MR) is 89.4 cm³/mol. The van der Waals surface area contributed by atoms with E-state index >= 15 is 0 Å². The number of aliphatic carboxylic acids is 1. The maximum Gasteiger partial charge on any atom is 0.311 e. The van der Waals surface area contributed by atoms with E-state index in [9.17, 15) is 9.90 Å². The monoisotopic (exact) mass is 314 g/mol. The number of hydrogen-bond acceptors (Lipinski definition) is 3. The van der Waals surface area contributed by atoms with Gasteiger partial charge in [0.1, 0.15) is 11.5 Å². The van der Waals surface area contributed by atoms with Gasteiger partial charge in [0.2, 0.25) is 0 Å². The van der Waals surface area contributed by atoms with Gasteiger partial charge in [0.25, 0.3) is 0 Å². The summed E-state index contributed by atoms with van der Waals surface area (Å²) in [6.07, 6.45) is 0.439. The van der Waals surface area contributed by atoms with Crippen molar-refractivity contribution >= 4 is 5.97 Å². The van der Waals surface area contributed by atoms with Gasteiger partial charge in [-0.2, -0.15) is 0 Å². The Bertz CT molecular complexity index is 662. The predicted octanol–water partition coefficient (Wildman–Crippen LogP) is 3.81. The van der Waals surface area contributed by atoms with Gasteiger partial charge in [0.15, 0.2) is 0 Å². The minimum Gasteiger partial charge on any atom is -0.497 e. The second-order valence-electron chi connectivity index (χ2n) is 5.39. The van der Waals surface area contributed by atoms with Crippen LogP contribution in [0.1, 0.15) is 29.5 Å². The van der Waals surface area contributed by atoms with Gasteiger partial charge in [-0.1, -0.05) is 18.2 Å². The zero-order chi connectivity index (χ0) is 16.8. The molecule has 0 saturated carbocycles. The molecule has 4 heteroatoms. The van der Waals surface area contributed by atoms with E-state index in [0.717, 1.165) is 28.2 Å². The van der Waals surface area contributed by atoms with Crippen LogP contribution >= 0.6 is 0 Å². The minimum absolute atomic E-state index is 0.439. The van der Waals surface area contributed by atoms with E-state index in [2.05, 4.69) is 0 Å². The third-order valence-corrected chi connectivity index (χ3v) is 3.82. The molecule has 4 nitrogen and oxygen atoms in total. The van der Waals surface area contributed by atoms with Gasteiger partial charge in [0, 0.05) is 0 Å². The summed E-state index contributed by atoms with van der Waals surface area (Å²) in [7, 11) is 1.61. The Hall–Kier alpha value is -2.49. The molecule has 0 heterocycles. The summed E-state index contributed by atoms with van der Waals surface area (Å²) in [6.45, 7) is 4.43. The molecular weight excluding hydrogens is 292 g/mol. The Balaban J connectivity index is 2.25. The Kier molecular flexibility index (Phi) is 5.63. The highest BCUT2D eigenvalue weighted by Gasteiger charge is 2.22. The van der Waals surface area contributed by atoms with E-state index in [1.807, 2.05) is 56.3 Å². The van der Waals surface area contributed by atoms with Crippen LogP contribution in [0, 0.1) is 6.92 Å². The molecule has 0 fully saturated rings. The average Bonchev–Trinajstić information content (AvgIpc) is 2.54. The van der Waals surface area contributed by atoms with Crippen molar-refractivity contribution in [2.75, 3.05) is 13.7 Å².